The predicted molar refractivity (Wildman–Crippen MR) is 347 cm³/mol. The Labute approximate surface area is 493 Å². The molecule has 1 amide bonds. The van der Waals surface area contributed by atoms with Gasteiger partial charge in [0.05, 0.1) is 25.4 Å². The summed E-state index contributed by atoms with van der Waals surface area (Å²) in [4.78, 5) is 24.7. The summed E-state index contributed by atoms with van der Waals surface area (Å²) in [6.45, 7) is 4.92. The molecular formula is C73H137NO5. The lowest BCUT2D eigenvalue weighted by Gasteiger charge is -2.22. The van der Waals surface area contributed by atoms with Gasteiger partial charge in [-0.25, -0.2) is 0 Å². The van der Waals surface area contributed by atoms with E-state index < -0.39 is 12.1 Å². The Morgan fingerprint density at radius 2 is 0.671 bits per heavy atom. The highest BCUT2D eigenvalue weighted by Crippen LogP contribution is 2.18. The summed E-state index contributed by atoms with van der Waals surface area (Å²) in [7, 11) is 0. The molecule has 0 heterocycles. The third-order valence-electron chi connectivity index (χ3n) is 16.4. The Hall–Kier alpha value is -2.18. The van der Waals surface area contributed by atoms with E-state index in [2.05, 4.69) is 67.8 Å². The standard InChI is InChI=1S/C73H137NO5/c1-3-5-7-9-11-13-15-17-19-21-23-24-25-26-27-30-33-37-41-45-49-53-57-61-65-71(76)70(69-75)74-72(77)66-62-58-54-50-46-42-38-34-31-28-32-36-40-44-48-52-56-60-64-68-79-73(78)67-63-59-55-51-47-43-39-35-29-22-20-18-16-14-12-10-8-6-4-2/h12,14,18,20,36,40,44,48,70-71,75-76H,3-11,13,15-17,19,21-35,37-39,41-43,45-47,49-69H2,1-2H3,(H,74,77)/b14-12-,20-18-,40-36-,48-44-. The molecule has 6 nitrogen and oxygen atoms in total. The molecule has 2 unspecified atom stereocenters. The molecule has 2 atom stereocenters. The number of hydrogen-bond donors (Lipinski definition) is 3. The second-order valence-electron chi connectivity index (χ2n) is 24.2. The van der Waals surface area contributed by atoms with Gasteiger partial charge in [0.15, 0.2) is 0 Å². The van der Waals surface area contributed by atoms with Gasteiger partial charge in [0.2, 0.25) is 5.91 Å². The number of rotatable bonds is 66. The quantitative estimate of drug-likeness (QED) is 0.0244. The Bertz CT molecular complexity index is 1320. The SMILES string of the molecule is CCCCC/C=C\C/C=C\CCCCCCCCCCCC(=O)OCCCCC/C=C\C=C/CCCCCCCCCCCCC(=O)NC(CO)C(O)CCCCCCCCCCCCCCCCCCCCCCCCCC. The van der Waals surface area contributed by atoms with Crippen LogP contribution < -0.4 is 5.32 Å². The number of aliphatic hydroxyl groups is 2. The average Bonchev–Trinajstić information content (AvgIpc) is 3.45. The fourth-order valence-electron chi connectivity index (χ4n) is 11.0. The van der Waals surface area contributed by atoms with Crippen LogP contribution in [0.25, 0.3) is 0 Å². The fraction of sp³-hybridized carbons (Fsp3) is 0.863. The molecule has 0 rings (SSSR count). The molecule has 79 heavy (non-hydrogen) atoms. The van der Waals surface area contributed by atoms with Gasteiger partial charge in [0.25, 0.3) is 0 Å². The van der Waals surface area contributed by atoms with Crippen molar-refractivity contribution >= 4 is 11.9 Å². The van der Waals surface area contributed by atoms with E-state index in [1.807, 2.05) is 0 Å². The van der Waals surface area contributed by atoms with E-state index >= 15 is 0 Å². The zero-order valence-corrected chi connectivity index (χ0v) is 53.1. The van der Waals surface area contributed by atoms with E-state index in [1.54, 1.807) is 0 Å². The number of ether oxygens (including phenoxy) is 1. The lowest BCUT2D eigenvalue weighted by Crippen LogP contribution is -2.45. The highest BCUT2D eigenvalue weighted by molar-refractivity contribution is 5.76. The molecule has 0 aromatic rings. The molecule has 464 valence electrons. The number of carbonyl (C=O) groups is 2. The number of aliphatic hydroxyl groups excluding tert-OH is 2. The molecular weight excluding hydrogens is 971 g/mol. The van der Waals surface area contributed by atoms with E-state index in [9.17, 15) is 19.8 Å². The van der Waals surface area contributed by atoms with E-state index in [-0.39, 0.29) is 18.5 Å². The average molecular weight is 1110 g/mol. The van der Waals surface area contributed by atoms with Crippen molar-refractivity contribution in [2.45, 2.75) is 392 Å². The van der Waals surface area contributed by atoms with Crippen molar-refractivity contribution < 1.29 is 24.5 Å². The van der Waals surface area contributed by atoms with Gasteiger partial charge >= 0.3 is 5.97 Å². The van der Waals surface area contributed by atoms with Gasteiger partial charge < -0.3 is 20.3 Å². The number of hydrogen-bond acceptors (Lipinski definition) is 5. The summed E-state index contributed by atoms with van der Waals surface area (Å²) in [5.41, 5.74) is 0. The van der Waals surface area contributed by atoms with Crippen molar-refractivity contribution in [2.75, 3.05) is 13.2 Å². The first kappa shape index (κ1) is 76.8. The zero-order chi connectivity index (χ0) is 57.1. The largest absolute Gasteiger partial charge is 0.466 e. The summed E-state index contributed by atoms with van der Waals surface area (Å²) in [5.74, 6) is -0.0579. The molecule has 0 saturated carbocycles. The van der Waals surface area contributed by atoms with Crippen molar-refractivity contribution in [1.29, 1.82) is 0 Å². The molecule has 0 spiro atoms. The topological polar surface area (TPSA) is 95.9 Å². The van der Waals surface area contributed by atoms with E-state index in [4.69, 9.17) is 4.74 Å². The minimum absolute atomic E-state index is 0.0165. The van der Waals surface area contributed by atoms with Crippen LogP contribution in [0.15, 0.2) is 48.6 Å². The second-order valence-corrected chi connectivity index (χ2v) is 24.2. The van der Waals surface area contributed by atoms with Crippen molar-refractivity contribution in [3.63, 3.8) is 0 Å². The summed E-state index contributed by atoms with van der Waals surface area (Å²) in [6, 6.07) is -0.552. The van der Waals surface area contributed by atoms with E-state index in [0.29, 0.717) is 25.9 Å². The van der Waals surface area contributed by atoms with Crippen LogP contribution in [0.4, 0.5) is 0 Å². The molecule has 0 aliphatic carbocycles. The Morgan fingerprint density at radius 1 is 0.367 bits per heavy atom. The summed E-state index contributed by atoms with van der Waals surface area (Å²) < 4.78 is 5.48. The maximum atomic E-state index is 12.6. The monoisotopic (exact) mass is 1110 g/mol. The zero-order valence-electron chi connectivity index (χ0n) is 53.1. The molecule has 0 aliphatic heterocycles. The number of esters is 1. The Kier molecular flexibility index (Phi) is 66.4. The third kappa shape index (κ3) is 64.8. The molecule has 0 aromatic heterocycles. The Balaban J connectivity index is 3.46. The fourth-order valence-corrected chi connectivity index (χ4v) is 11.0. The van der Waals surface area contributed by atoms with Crippen molar-refractivity contribution in [1.82, 2.24) is 5.32 Å². The molecule has 6 heteroatoms. The first-order chi connectivity index (χ1) is 39.0. The maximum absolute atomic E-state index is 12.6. The number of nitrogens with one attached hydrogen (secondary N) is 1. The van der Waals surface area contributed by atoms with Crippen molar-refractivity contribution in [3.8, 4) is 0 Å². The third-order valence-corrected chi connectivity index (χ3v) is 16.4. The second kappa shape index (κ2) is 68.3. The summed E-state index contributed by atoms with van der Waals surface area (Å²) >= 11 is 0. The van der Waals surface area contributed by atoms with Crippen LogP contribution in [0.2, 0.25) is 0 Å². The molecule has 0 radical (unpaired) electrons. The van der Waals surface area contributed by atoms with Gasteiger partial charge in [-0.2, -0.15) is 0 Å². The van der Waals surface area contributed by atoms with Gasteiger partial charge in [-0.3, -0.25) is 9.59 Å². The maximum Gasteiger partial charge on any atom is 0.305 e. The van der Waals surface area contributed by atoms with E-state index in [0.717, 1.165) is 77.0 Å². The summed E-state index contributed by atoms with van der Waals surface area (Å²) in [5, 5.41) is 23.4. The van der Waals surface area contributed by atoms with Gasteiger partial charge in [-0.15, -0.1) is 0 Å². The van der Waals surface area contributed by atoms with Crippen LogP contribution >= 0.6 is 0 Å². The van der Waals surface area contributed by atoms with Gasteiger partial charge in [0.1, 0.15) is 0 Å². The van der Waals surface area contributed by atoms with Gasteiger partial charge in [0, 0.05) is 12.8 Å². The molecule has 0 fully saturated rings. The highest BCUT2D eigenvalue weighted by atomic mass is 16.5. The normalized spacial score (nSPS) is 12.8. The van der Waals surface area contributed by atoms with Crippen LogP contribution in [0.5, 0.6) is 0 Å². The smallest absolute Gasteiger partial charge is 0.305 e. The number of allylic oxidation sites excluding steroid dienone is 8. The molecule has 3 N–H and O–H groups in total. The lowest BCUT2D eigenvalue weighted by molar-refractivity contribution is -0.143. The van der Waals surface area contributed by atoms with Crippen LogP contribution in [-0.2, 0) is 14.3 Å². The van der Waals surface area contributed by atoms with Crippen LogP contribution in [0.1, 0.15) is 380 Å². The van der Waals surface area contributed by atoms with Crippen molar-refractivity contribution in [2.24, 2.45) is 0 Å². The van der Waals surface area contributed by atoms with Crippen molar-refractivity contribution in [3.05, 3.63) is 48.6 Å². The highest BCUT2D eigenvalue weighted by Gasteiger charge is 2.20. The molecule has 0 aromatic carbocycles. The number of unbranched alkanes of at least 4 members (excludes halogenated alkanes) is 48. The van der Waals surface area contributed by atoms with Gasteiger partial charge in [-0.05, 0) is 89.9 Å². The van der Waals surface area contributed by atoms with Gasteiger partial charge in [-0.1, -0.05) is 326 Å². The molecule has 0 bridgehead atoms. The lowest BCUT2D eigenvalue weighted by atomic mass is 10.0. The molecule has 0 aliphatic rings. The summed E-state index contributed by atoms with van der Waals surface area (Å²) in [6.07, 6.45) is 88.6. The number of carbonyl (C=O) groups excluding carboxylic acids is 2. The van der Waals surface area contributed by atoms with Crippen LogP contribution in [0.3, 0.4) is 0 Å². The first-order valence-corrected chi connectivity index (χ1v) is 35.4. The minimum Gasteiger partial charge on any atom is -0.466 e. The van der Waals surface area contributed by atoms with Crippen LogP contribution in [0, 0.1) is 0 Å². The predicted octanol–water partition coefficient (Wildman–Crippen LogP) is 22.9. The first-order valence-electron chi connectivity index (χ1n) is 35.4. The minimum atomic E-state index is -0.674. The van der Waals surface area contributed by atoms with E-state index in [1.165, 1.54) is 270 Å². The molecule has 0 saturated heterocycles. The van der Waals surface area contributed by atoms with Crippen LogP contribution in [-0.4, -0.2) is 47.4 Å². The number of amides is 1. The Morgan fingerprint density at radius 3 is 1.06 bits per heavy atom.